The summed E-state index contributed by atoms with van der Waals surface area (Å²) in [5.74, 6) is 5.40. The van der Waals surface area contributed by atoms with E-state index in [1.54, 1.807) is 36.4 Å². The van der Waals surface area contributed by atoms with Crippen LogP contribution in [0.25, 0.3) is 0 Å². The number of carbonyl (C=O) groups is 2. The van der Waals surface area contributed by atoms with Gasteiger partial charge in [-0.25, -0.2) is 0 Å². The number of halogens is 1. The lowest BCUT2D eigenvalue weighted by Gasteiger charge is -2.08. The van der Waals surface area contributed by atoms with Crippen LogP contribution in [0.5, 0.6) is 0 Å². The molecule has 5 heteroatoms. The number of anilines is 1. The lowest BCUT2D eigenvalue weighted by Crippen LogP contribution is -2.33. The fourth-order valence-electron chi connectivity index (χ4n) is 2.45. The second-order valence-electron chi connectivity index (χ2n) is 5.91. The summed E-state index contributed by atoms with van der Waals surface area (Å²) in [5, 5.41) is 5.64. The minimum absolute atomic E-state index is 0.163. The van der Waals surface area contributed by atoms with Gasteiger partial charge in [0.1, 0.15) is 0 Å². The molecule has 0 aromatic heterocycles. The van der Waals surface area contributed by atoms with Crippen molar-refractivity contribution in [2.45, 2.75) is 0 Å². The third-order valence-electron chi connectivity index (χ3n) is 3.80. The van der Waals surface area contributed by atoms with Crippen LogP contribution in [0.1, 0.15) is 21.5 Å². The highest BCUT2D eigenvalue weighted by atomic mass is 35.5. The average Bonchev–Trinajstić information content (AvgIpc) is 2.72. The zero-order valence-corrected chi connectivity index (χ0v) is 15.7. The Kier molecular flexibility index (Phi) is 6.46. The minimum atomic E-state index is -0.400. The highest BCUT2D eigenvalue weighted by molar-refractivity contribution is 6.33. The molecule has 0 aliphatic carbocycles. The van der Waals surface area contributed by atoms with Gasteiger partial charge < -0.3 is 10.6 Å². The van der Waals surface area contributed by atoms with Crippen LogP contribution < -0.4 is 10.6 Å². The molecule has 3 rings (SSSR count). The molecule has 3 aromatic carbocycles. The minimum Gasteiger partial charge on any atom is -0.343 e. The fraction of sp³-hybridized carbons (Fsp3) is 0.0435. The number of benzene rings is 3. The molecule has 0 saturated carbocycles. The van der Waals surface area contributed by atoms with E-state index in [2.05, 4.69) is 22.5 Å². The van der Waals surface area contributed by atoms with Crippen molar-refractivity contribution in [2.24, 2.45) is 0 Å². The molecule has 28 heavy (non-hydrogen) atoms. The molecule has 138 valence electrons. The van der Waals surface area contributed by atoms with Gasteiger partial charge in [0.15, 0.2) is 0 Å². The summed E-state index contributed by atoms with van der Waals surface area (Å²) in [6, 6.07) is 23.6. The number of hydrogen-bond acceptors (Lipinski definition) is 2. The van der Waals surface area contributed by atoms with Gasteiger partial charge in [0, 0.05) is 16.8 Å². The van der Waals surface area contributed by atoms with E-state index < -0.39 is 5.91 Å². The summed E-state index contributed by atoms with van der Waals surface area (Å²) in [7, 11) is 0. The monoisotopic (exact) mass is 388 g/mol. The van der Waals surface area contributed by atoms with E-state index in [0.717, 1.165) is 11.1 Å². The number of rotatable bonds is 4. The summed E-state index contributed by atoms with van der Waals surface area (Å²) in [4.78, 5) is 24.2. The van der Waals surface area contributed by atoms with Crippen LogP contribution >= 0.6 is 11.6 Å². The summed E-state index contributed by atoms with van der Waals surface area (Å²) in [6.07, 6.45) is 0. The summed E-state index contributed by atoms with van der Waals surface area (Å²) in [5.41, 5.74) is 2.63. The van der Waals surface area contributed by atoms with Gasteiger partial charge >= 0.3 is 0 Å². The Hall–Kier alpha value is -3.55. The van der Waals surface area contributed by atoms with E-state index in [0.29, 0.717) is 16.3 Å². The van der Waals surface area contributed by atoms with E-state index in [-0.39, 0.29) is 12.5 Å². The van der Waals surface area contributed by atoms with Gasteiger partial charge in [-0.1, -0.05) is 59.8 Å². The SMILES string of the molecule is O=C(CNC(=O)c1ccccc1Cl)Nc1cccc(C#Cc2ccccc2)c1. The highest BCUT2D eigenvalue weighted by Gasteiger charge is 2.11. The predicted molar refractivity (Wildman–Crippen MR) is 111 cm³/mol. The van der Waals surface area contributed by atoms with E-state index in [1.165, 1.54) is 0 Å². The van der Waals surface area contributed by atoms with Crippen LogP contribution in [0, 0.1) is 11.8 Å². The molecule has 0 radical (unpaired) electrons. The fourth-order valence-corrected chi connectivity index (χ4v) is 2.67. The van der Waals surface area contributed by atoms with Crippen molar-refractivity contribution in [3.8, 4) is 11.8 Å². The first-order chi connectivity index (χ1) is 13.6. The molecule has 0 fully saturated rings. The normalized spacial score (nSPS) is 9.75. The maximum absolute atomic E-state index is 12.1. The van der Waals surface area contributed by atoms with Crippen molar-refractivity contribution in [3.63, 3.8) is 0 Å². The van der Waals surface area contributed by atoms with E-state index >= 15 is 0 Å². The Morgan fingerprint density at radius 3 is 2.29 bits per heavy atom. The number of carbonyl (C=O) groups excluding carboxylic acids is 2. The van der Waals surface area contributed by atoms with Gasteiger partial charge in [-0.05, 0) is 42.5 Å². The molecule has 0 spiro atoms. The van der Waals surface area contributed by atoms with Gasteiger partial charge in [-0.2, -0.15) is 0 Å². The first kappa shape index (κ1) is 19.2. The van der Waals surface area contributed by atoms with Crippen molar-refractivity contribution in [1.29, 1.82) is 0 Å². The summed E-state index contributed by atoms with van der Waals surface area (Å²) >= 11 is 5.98. The maximum Gasteiger partial charge on any atom is 0.253 e. The molecule has 0 bridgehead atoms. The van der Waals surface area contributed by atoms with Crippen molar-refractivity contribution < 1.29 is 9.59 Å². The second-order valence-corrected chi connectivity index (χ2v) is 6.31. The molecular weight excluding hydrogens is 372 g/mol. The van der Waals surface area contributed by atoms with Crippen LogP contribution in [0.3, 0.4) is 0 Å². The number of amides is 2. The van der Waals surface area contributed by atoms with Gasteiger partial charge in [0.05, 0.1) is 17.1 Å². The molecule has 2 amide bonds. The third kappa shape index (κ3) is 5.47. The zero-order valence-electron chi connectivity index (χ0n) is 14.9. The molecule has 0 heterocycles. The Labute approximate surface area is 168 Å². The van der Waals surface area contributed by atoms with Crippen molar-refractivity contribution in [2.75, 3.05) is 11.9 Å². The second kappa shape index (κ2) is 9.40. The van der Waals surface area contributed by atoms with E-state index in [9.17, 15) is 9.59 Å². The molecule has 4 nitrogen and oxygen atoms in total. The van der Waals surface area contributed by atoms with Gasteiger partial charge in [0.25, 0.3) is 5.91 Å². The first-order valence-electron chi connectivity index (χ1n) is 8.61. The Balaban J connectivity index is 1.58. The number of hydrogen-bond donors (Lipinski definition) is 2. The lowest BCUT2D eigenvalue weighted by atomic mass is 10.1. The largest absolute Gasteiger partial charge is 0.343 e. The highest BCUT2D eigenvalue weighted by Crippen LogP contribution is 2.14. The smallest absolute Gasteiger partial charge is 0.253 e. The molecule has 0 aliphatic rings. The number of nitrogens with one attached hydrogen (secondary N) is 2. The van der Waals surface area contributed by atoms with Gasteiger partial charge in [0.2, 0.25) is 5.91 Å². The van der Waals surface area contributed by atoms with Crippen LogP contribution in [0.4, 0.5) is 5.69 Å². The Morgan fingerprint density at radius 1 is 0.821 bits per heavy atom. The third-order valence-corrected chi connectivity index (χ3v) is 4.13. The first-order valence-corrected chi connectivity index (χ1v) is 8.99. The molecule has 0 aliphatic heterocycles. The molecule has 3 aromatic rings. The standard InChI is InChI=1S/C23H17ClN2O2/c24-21-12-5-4-11-20(21)23(28)25-16-22(27)26-19-10-6-9-18(15-19)14-13-17-7-2-1-3-8-17/h1-12,15H,16H2,(H,25,28)(H,26,27). The quantitative estimate of drug-likeness (QED) is 0.661. The molecular formula is C23H17ClN2O2. The van der Waals surface area contributed by atoms with Gasteiger partial charge in [-0.15, -0.1) is 0 Å². The lowest BCUT2D eigenvalue weighted by molar-refractivity contribution is -0.115. The molecule has 0 saturated heterocycles. The molecule has 2 N–H and O–H groups in total. The summed E-state index contributed by atoms with van der Waals surface area (Å²) in [6.45, 7) is -0.163. The average molecular weight is 389 g/mol. The van der Waals surface area contributed by atoms with Crippen molar-refractivity contribution in [3.05, 3.63) is 101 Å². The molecule has 0 atom stereocenters. The molecule has 0 unspecified atom stereocenters. The van der Waals surface area contributed by atoms with Crippen molar-refractivity contribution >= 4 is 29.1 Å². The van der Waals surface area contributed by atoms with Crippen LogP contribution in [0.2, 0.25) is 5.02 Å². The van der Waals surface area contributed by atoms with Crippen LogP contribution in [-0.2, 0) is 4.79 Å². The van der Waals surface area contributed by atoms with Crippen molar-refractivity contribution in [1.82, 2.24) is 5.32 Å². The zero-order chi connectivity index (χ0) is 19.8. The Bertz CT molecular complexity index is 1050. The van der Waals surface area contributed by atoms with Crippen LogP contribution in [-0.4, -0.2) is 18.4 Å². The summed E-state index contributed by atoms with van der Waals surface area (Å²) < 4.78 is 0. The topological polar surface area (TPSA) is 58.2 Å². The predicted octanol–water partition coefficient (Wildman–Crippen LogP) is 4.11. The maximum atomic E-state index is 12.1. The van der Waals surface area contributed by atoms with E-state index in [1.807, 2.05) is 42.5 Å². The Morgan fingerprint density at radius 2 is 1.50 bits per heavy atom. The van der Waals surface area contributed by atoms with Crippen LogP contribution in [0.15, 0.2) is 78.9 Å². The van der Waals surface area contributed by atoms with Gasteiger partial charge in [-0.3, -0.25) is 9.59 Å². The van der Waals surface area contributed by atoms with E-state index in [4.69, 9.17) is 11.6 Å².